The number of amides is 1. The molecule has 0 fully saturated rings. The van der Waals surface area contributed by atoms with Crippen molar-refractivity contribution in [2.75, 3.05) is 14.2 Å². The molecule has 0 aliphatic heterocycles. The van der Waals surface area contributed by atoms with Crippen LogP contribution in [-0.4, -0.2) is 42.4 Å². The highest BCUT2D eigenvalue weighted by atomic mass is 16.5. The van der Waals surface area contributed by atoms with E-state index in [0.29, 0.717) is 17.2 Å². The summed E-state index contributed by atoms with van der Waals surface area (Å²) < 4.78 is 15.5. The monoisotopic (exact) mass is 360 g/mol. The van der Waals surface area contributed by atoms with Crippen LogP contribution in [0.3, 0.4) is 0 Å². The molecule has 0 radical (unpaired) electrons. The normalized spacial score (nSPS) is 11.3. The second-order valence-corrected chi connectivity index (χ2v) is 5.29. The zero-order valence-electron chi connectivity index (χ0n) is 14.5. The summed E-state index contributed by atoms with van der Waals surface area (Å²) in [5.74, 6) is -0.470. The van der Waals surface area contributed by atoms with Crippen molar-refractivity contribution in [1.29, 1.82) is 0 Å². The van der Waals surface area contributed by atoms with Gasteiger partial charge in [0.15, 0.2) is 11.5 Å². The van der Waals surface area contributed by atoms with Gasteiger partial charge >= 0.3 is 12.1 Å². The van der Waals surface area contributed by atoms with Gasteiger partial charge in [0.2, 0.25) is 0 Å². The fourth-order valence-corrected chi connectivity index (χ4v) is 2.30. The molecule has 2 rings (SSSR count). The number of methoxy groups -OCH3 is 2. The molecular weight excluding hydrogens is 340 g/mol. The Morgan fingerprint density at radius 2 is 1.88 bits per heavy atom. The molecule has 0 aliphatic carbocycles. The lowest BCUT2D eigenvalue weighted by Gasteiger charge is -2.17. The number of carbonyl (C=O) groups is 2. The summed E-state index contributed by atoms with van der Waals surface area (Å²) in [6.07, 6.45) is 0.558. The highest BCUT2D eigenvalue weighted by Gasteiger charge is 2.24. The molecule has 1 aromatic carbocycles. The quantitative estimate of drug-likeness (QED) is 0.741. The first-order chi connectivity index (χ1) is 12.5. The molecule has 8 heteroatoms. The van der Waals surface area contributed by atoms with E-state index in [2.05, 4.69) is 10.3 Å². The molecule has 0 bridgehead atoms. The van der Waals surface area contributed by atoms with E-state index in [1.165, 1.54) is 20.4 Å². The number of carboxylic acids is 1. The molecule has 138 valence electrons. The third-order valence-electron chi connectivity index (χ3n) is 3.57. The van der Waals surface area contributed by atoms with Gasteiger partial charge in [0.05, 0.1) is 19.9 Å². The van der Waals surface area contributed by atoms with Gasteiger partial charge in [-0.05, 0) is 5.56 Å². The van der Waals surface area contributed by atoms with Crippen molar-refractivity contribution in [2.24, 2.45) is 0 Å². The molecule has 1 aromatic heterocycles. The average molecular weight is 360 g/mol. The minimum atomic E-state index is -1.23. The Bertz CT molecular complexity index is 751. The summed E-state index contributed by atoms with van der Waals surface area (Å²) in [6, 6.07) is 9.44. The number of carboxylic acid groups (broad SMARTS) is 1. The fourth-order valence-electron chi connectivity index (χ4n) is 2.30. The highest BCUT2D eigenvalue weighted by Crippen LogP contribution is 2.29. The maximum atomic E-state index is 11.9. The molecule has 1 heterocycles. The van der Waals surface area contributed by atoms with Crippen LogP contribution in [0.15, 0.2) is 42.6 Å². The lowest BCUT2D eigenvalue weighted by molar-refractivity contribution is -0.139. The summed E-state index contributed by atoms with van der Waals surface area (Å²) in [5, 5.41) is 11.7. The van der Waals surface area contributed by atoms with Gasteiger partial charge in [0.25, 0.3) is 0 Å². The van der Waals surface area contributed by atoms with Crippen LogP contribution in [0, 0.1) is 0 Å². The molecule has 2 aromatic rings. The van der Waals surface area contributed by atoms with Gasteiger partial charge in [0.1, 0.15) is 12.6 Å². The number of nitrogens with one attached hydrogen (secondary N) is 1. The maximum absolute atomic E-state index is 11.9. The first kappa shape index (κ1) is 19.0. The third-order valence-corrected chi connectivity index (χ3v) is 3.57. The number of benzene rings is 1. The molecule has 0 aliphatic rings. The van der Waals surface area contributed by atoms with Crippen LogP contribution in [0.2, 0.25) is 0 Å². The second-order valence-electron chi connectivity index (χ2n) is 5.29. The molecule has 1 amide bonds. The third kappa shape index (κ3) is 5.10. The van der Waals surface area contributed by atoms with Crippen LogP contribution in [-0.2, 0) is 22.6 Å². The number of pyridine rings is 1. The van der Waals surface area contributed by atoms with Gasteiger partial charge in [-0.15, -0.1) is 0 Å². The van der Waals surface area contributed by atoms with Gasteiger partial charge in [-0.1, -0.05) is 30.3 Å². The number of hydrogen-bond acceptors (Lipinski definition) is 6. The number of rotatable bonds is 8. The molecule has 1 atom stereocenters. The number of hydrogen-bond donors (Lipinski definition) is 2. The average Bonchev–Trinajstić information content (AvgIpc) is 2.66. The number of ether oxygens (including phenoxy) is 3. The predicted molar refractivity (Wildman–Crippen MR) is 92.2 cm³/mol. The molecule has 26 heavy (non-hydrogen) atoms. The fraction of sp³-hybridized carbons (Fsp3) is 0.278. The molecule has 1 unspecified atom stereocenters. The van der Waals surface area contributed by atoms with Crippen LogP contribution >= 0.6 is 0 Å². The van der Waals surface area contributed by atoms with E-state index in [1.807, 2.05) is 18.2 Å². The van der Waals surface area contributed by atoms with E-state index < -0.39 is 18.1 Å². The van der Waals surface area contributed by atoms with Crippen LogP contribution in [0.25, 0.3) is 0 Å². The van der Waals surface area contributed by atoms with Crippen molar-refractivity contribution in [3.05, 3.63) is 53.9 Å². The Morgan fingerprint density at radius 1 is 1.15 bits per heavy atom. The van der Waals surface area contributed by atoms with Crippen molar-refractivity contribution in [3.63, 3.8) is 0 Å². The van der Waals surface area contributed by atoms with Crippen molar-refractivity contribution in [1.82, 2.24) is 10.3 Å². The number of nitrogens with zero attached hydrogens (tertiary/aromatic N) is 1. The minimum Gasteiger partial charge on any atom is -0.493 e. The van der Waals surface area contributed by atoms with Gasteiger partial charge in [-0.3, -0.25) is 4.98 Å². The molecule has 0 saturated heterocycles. The molecular formula is C18H20N2O6. The lowest BCUT2D eigenvalue weighted by atomic mass is 10.1. The SMILES string of the molecule is COc1ccnc(CC(NC(=O)OCc2ccccc2)C(=O)O)c1OC. The minimum absolute atomic E-state index is 0.0414. The van der Waals surface area contributed by atoms with E-state index in [9.17, 15) is 14.7 Å². The Hall–Kier alpha value is -3.29. The van der Waals surface area contributed by atoms with Crippen molar-refractivity contribution >= 4 is 12.1 Å². The van der Waals surface area contributed by atoms with Gasteiger partial charge in [-0.25, -0.2) is 9.59 Å². The Labute approximate surface area is 150 Å². The summed E-state index contributed by atoms with van der Waals surface area (Å²) in [7, 11) is 2.90. The van der Waals surface area contributed by atoms with Gasteiger partial charge < -0.3 is 24.6 Å². The van der Waals surface area contributed by atoms with E-state index in [-0.39, 0.29) is 13.0 Å². The predicted octanol–water partition coefficient (Wildman–Crippen LogP) is 2.02. The van der Waals surface area contributed by atoms with E-state index in [4.69, 9.17) is 14.2 Å². The first-order valence-corrected chi connectivity index (χ1v) is 7.81. The first-order valence-electron chi connectivity index (χ1n) is 7.81. The van der Waals surface area contributed by atoms with Crippen LogP contribution in [0.4, 0.5) is 4.79 Å². The Kier molecular flexibility index (Phi) is 6.78. The summed E-state index contributed by atoms with van der Waals surface area (Å²) >= 11 is 0. The largest absolute Gasteiger partial charge is 0.493 e. The molecule has 0 saturated carbocycles. The zero-order chi connectivity index (χ0) is 18.9. The zero-order valence-corrected chi connectivity index (χ0v) is 14.5. The topological polar surface area (TPSA) is 107 Å². The van der Waals surface area contributed by atoms with E-state index in [1.54, 1.807) is 18.2 Å². The molecule has 0 spiro atoms. The van der Waals surface area contributed by atoms with Gasteiger partial charge in [0, 0.05) is 18.7 Å². The second kappa shape index (κ2) is 9.26. The summed E-state index contributed by atoms with van der Waals surface area (Å²) in [4.78, 5) is 27.5. The Balaban J connectivity index is 2.03. The molecule has 8 nitrogen and oxygen atoms in total. The molecule has 2 N–H and O–H groups in total. The standard InChI is InChI=1S/C18H20N2O6/c1-24-15-8-9-19-13(16(15)25-2)10-14(17(21)22)20-18(23)26-11-12-6-4-3-5-7-12/h3-9,14H,10-11H2,1-2H3,(H,20,23)(H,21,22). The van der Waals surface area contributed by atoms with Crippen LogP contribution in [0.1, 0.15) is 11.3 Å². The van der Waals surface area contributed by atoms with E-state index >= 15 is 0 Å². The van der Waals surface area contributed by atoms with Crippen LogP contribution in [0.5, 0.6) is 11.5 Å². The van der Waals surface area contributed by atoms with Gasteiger partial charge in [-0.2, -0.15) is 0 Å². The summed E-state index contributed by atoms with van der Waals surface area (Å²) in [5.41, 5.74) is 1.15. The van der Waals surface area contributed by atoms with Crippen molar-refractivity contribution < 1.29 is 28.9 Å². The Morgan fingerprint density at radius 3 is 2.50 bits per heavy atom. The number of aromatic nitrogens is 1. The number of alkyl carbamates (subject to hydrolysis) is 1. The van der Waals surface area contributed by atoms with Crippen molar-refractivity contribution in [2.45, 2.75) is 19.1 Å². The van der Waals surface area contributed by atoms with Crippen molar-refractivity contribution in [3.8, 4) is 11.5 Å². The number of aliphatic carboxylic acids is 1. The summed E-state index contributed by atoms with van der Waals surface area (Å²) in [6.45, 7) is 0.0414. The highest BCUT2D eigenvalue weighted by molar-refractivity contribution is 5.80. The van der Waals surface area contributed by atoms with E-state index in [0.717, 1.165) is 5.56 Å². The number of carbonyl (C=O) groups excluding carboxylic acids is 1. The smallest absolute Gasteiger partial charge is 0.408 e. The lowest BCUT2D eigenvalue weighted by Crippen LogP contribution is -2.42. The maximum Gasteiger partial charge on any atom is 0.408 e. The van der Waals surface area contributed by atoms with Crippen LogP contribution < -0.4 is 14.8 Å².